The van der Waals surface area contributed by atoms with Crippen molar-refractivity contribution >= 4 is 0 Å². The van der Waals surface area contributed by atoms with E-state index in [2.05, 4.69) is 40.7 Å². The minimum atomic E-state index is 0.0506. The highest BCUT2D eigenvalue weighted by molar-refractivity contribution is 5.39. The normalized spacial score (nSPS) is 11.9. The Kier molecular flexibility index (Phi) is 4.58. The summed E-state index contributed by atoms with van der Waals surface area (Å²) in [6.07, 6.45) is 0. The van der Waals surface area contributed by atoms with E-state index in [-0.39, 0.29) is 5.41 Å². The summed E-state index contributed by atoms with van der Waals surface area (Å²) in [5.74, 6) is 1.32. The Balaban J connectivity index is 2.97. The molecule has 0 spiro atoms. The van der Waals surface area contributed by atoms with Gasteiger partial charge in [0.2, 0.25) is 0 Å². The lowest BCUT2D eigenvalue weighted by molar-refractivity contribution is 0.270. The third-order valence-electron chi connectivity index (χ3n) is 2.53. The van der Waals surface area contributed by atoms with E-state index >= 15 is 0 Å². The zero-order chi connectivity index (χ0) is 13.1. The lowest BCUT2D eigenvalue weighted by Gasteiger charge is -2.21. The van der Waals surface area contributed by atoms with Gasteiger partial charge in [-0.25, -0.2) is 0 Å². The van der Waals surface area contributed by atoms with Crippen LogP contribution in [0.1, 0.15) is 45.7 Å². The fourth-order valence-electron chi connectivity index (χ4n) is 1.48. The van der Waals surface area contributed by atoms with Gasteiger partial charge in [0, 0.05) is 0 Å². The Morgan fingerprint density at radius 2 is 1.88 bits per heavy atom. The minimum absolute atomic E-state index is 0.0506. The molecule has 0 aliphatic rings. The Hall–Kier alpha value is -1.02. The van der Waals surface area contributed by atoms with Crippen molar-refractivity contribution in [3.63, 3.8) is 0 Å². The number of ether oxygens (including phenoxy) is 1. The fraction of sp³-hybridized carbons (Fsp3) is 0.533. The highest BCUT2D eigenvalue weighted by Crippen LogP contribution is 2.28. The average Bonchev–Trinajstić information content (AvgIpc) is 2.24. The molecule has 0 saturated carbocycles. The van der Waals surface area contributed by atoms with Crippen LogP contribution in [-0.2, 0) is 5.41 Å². The van der Waals surface area contributed by atoms with Crippen LogP contribution >= 0.6 is 0 Å². The third-order valence-corrected chi connectivity index (χ3v) is 2.53. The van der Waals surface area contributed by atoms with Gasteiger partial charge in [-0.3, -0.25) is 0 Å². The number of hydrogen-bond donors (Lipinski definition) is 1. The summed E-state index contributed by atoms with van der Waals surface area (Å²) in [6, 6.07) is 5.90. The topological polar surface area (TPSA) is 29.5 Å². The molecule has 95 valence electrons. The Bertz CT molecular complexity index is 362. The summed E-state index contributed by atoms with van der Waals surface area (Å²) in [6.45, 7) is 12.5. The van der Waals surface area contributed by atoms with E-state index in [1.807, 2.05) is 12.1 Å². The lowest BCUT2D eigenvalue weighted by atomic mass is 9.86. The number of aliphatic hydroxyl groups excluding tert-OH is 1. The number of benzene rings is 1. The van der Waals surface area contributed by atoms with Crippen LogP contribution in [0.2, 0.25) is 0 Å². The molecule has 0 unspecified atom stereocenters. The highest BCUT2D eigenvalue weighted by atomic mass is 16.5. The van der Waals surface area contributed by atoms with Gasteiger partial charge in [-0.15, -0.1) is 0 Å². The van der Waals surface area contributed by atoms with Crippen molar-refractivity contribution in [2.75, 3.05) is 6.61 Å². The third kappa shape index (κ3) is 4.39. The van der Waals surface area contributed by atoms with Crippen LogP contribution in [-0.4, -0.2) is 11.7 Å². The maximum absolute atomic E-state index is 9.15. The Labute approximate surface area is 105 Å². The van der Waals surface area contributed by atoms with Crippen molar-refractivity contribution in [1.29, 1.82) is 0 Å². The van der Waals surface area contributed by atoms with E-state index in [0.29, 0.717) is 12.5 Å². The standard InChI is InChI=1S/C15H23O2/c1-11(2)10-17-14-7-12(9-16)6-13(8-14)15(3,4)5/h6-9,11,16H,10H2,1-5H3. The summed E-state index contributed by atoms with van der Waals surface area (Å²) in [7, 11) is 0. The van der Waals surface area contributed by atoms with Crippen molar-refractivity contribution in [2.24, 2.45) is 5.92 Å². The zero-order valence-corrected chi connectivity index (χ0v) is 11.4. The molecule has 1 aromatic carbocycles. The first-order chi connectivity index (χ1) is 7.82. The molecule has 0 aliphatic heterocycles. The smallest absolute Gasteiger partial charge is 0.119 e. The molecule has 17 heavy (non-hydrogen) atoms. The lowest BCUT2D eigenvalue weighted by Crippen LogP contribution is -2.12. The molecule has 0 amide bonds. The van der Waals surface area contributed by atoms with Crippen molar-refractivity contribution in [3.8, 4) is 5.75 Å². The van der Waals surface area contributed by atoms with Gasteiger partial charge in [0.1, 0.15) is 12.4 Å². The van der Waals surface area contributed by atoms with Gasteiger partial charge in [-0.05, 0) is 34.6 Å². The fourth-order valence-corrected chi connectivity index (χ4v) is 1.48. The Morgan fingerprint density at radius 3 is 2.35 bits per heavy atom. The van der Waals surface area contributed by atoms with Gasteiger partial charge in [-0.2, -0.15) is 0 Å². The molecule has 2 heteroatoms. The van der Waals surface area contributed by atoms with Gasteiger partial charge >= 0.3 is 0 Å². The second-order valence-electron chi connectivity index (χ2n) is 5.87. The first kappa shape index (κ1) is 14.0. The summed E-state index contributed by atoms with van der Waals surface area (Å²) < 4.78 is 5.71. The van der Waals surface area contributed by atoms with E-state index in [4.69, 9.17) is 9.84 Å². The zero-order valence-electron chi connectivity index (χ0n) is 11.4. The quantitative estimate of drug-likeness (QED) is 0.857. The molecule has 0 atom stereocenters. The monoisotopic (exact) mass is 235 g/mol. The van der Waals surface area contributed by atoms with Crippen LogP contribution in [0.15, 0.2) is 18.2 Å². The number of aliphatic hydroxyl groups is 1. The van der Waals surface area contributed by atoms with Crippen LogP contribution < -0.4 is 4.74 Å². The molecule has 0 aromatic heterocycles. The molecule has 0 fully saturated rings. The highest BCUT2D eigenvalue weighted by Gasteiger charge is 2.15. The average molecular weight is 235 g/mol. The van der Waals surface area contributed by atoms with Gasteiger partial charge in [0.15, 0.2) is 0 Å². The van der Waals surface area contributed by atoms with Gasteiger partial charge < -0.3 is 9.84 Å². The van der Waals surface area contributed by atoms with Crippen LogP contribution in [0.4, 0.5) is 0 Å². The molecule has 0 aliphatic carbocycles. The molecule has 2 nitrogen and oxygen atoms in total. The van der Waals surface area contributed by atoms with Crippen molar-refractivity contribution in [2.45, 2.75) is 40.0 Å². The van der Waals surface area contributed by atoms with E-state index in [1.165, 1.54) is 5.56 Å². The summed E-state index contributed by atoms with van der Waals surface area (Å²) in [5.41, 5.74) is 2.00. The maximum Gasteiger partial charge on any atom is 0.119 e. The predicted octanol–water partition coefficient (Wildman–Crippen LogP) is 3.90. The second kappa shape index (κ2) is 5.54. The van der Waals surface area contributed by atoms with Crippen molar-refractivity contribution < 1.29 is 9.84 Å². The second-order valence-corrected chi connectivity index (χ2v) is 5.87. The summed E-state index contributed by atoms with van der Waals surface area (Å²) >= 11 is 0. The summed E-state index contributed by atoms with van der Waals surface area (Å²) in [5, 5.41) is 9.15. The Morgan fingerprint density at radius 1 is 1.24 bits per heavy atom. The van der Waals surface area contributed by atoms with Crippen LogP contribution in [0, 0.1) is 12.5 Å². The van der Waals surface area contributed by atoms with Gasteiger partial charge in [0.05, 0.1) is 6.61 Å². The molecule has 1 aromatic rings. The van der Waals surface area contributed by atoms with Crippen LogP contribution in [0.25, 0.3) is 0 Å². The van der Waals surface area contributed by atoms with E-state index in [0.717, 1.165) is 17.9 Å². The molecule has 1 N–H and O–H groups in total. The molecule has 0 heterocycles. The number of hydrogen-bond acceptors (Lipinski definition) is 2. The number of rotatable bonds is 4. The molecule has 0 bridgehead atoms. The molecule has 1 rings (SSSR count). The molecular formula is C15H23O2. The SMILES string of the molecule is CC(C)COc1cc([CH]O)cc(C(C)(C)C)c1. The predicted molar refractivity (Wildman–Crippen MR) is 70.8 cm³/mol. The summed E-state index contributed by atoms with van der Waals surface area (Å²) in [4.78, 5) is 0. The van der Waals surface area contributed by atoms with Crippen molar-refractivity contribution in [3.05, 3.63) is 35.9 Å². The van der Waals surface area contributed by atoms with E-state index < -0.39 is 0 Å². The first-order valence-corrected chi connectivity index (χ1v) is 6.08. The van der Waals surface area contributed by atoms with Crippen LogP contribution in [0.3, 0.4) is 0 Å². The van der Waals surface area contributed by atoms with Gasteiger partial charge in [0.25, 0.3) is 0 Å². The molecule has 0 saturated heterocycles. The molecular weight excluding hydrogens is 212 g/mol. The van der Waals surface area contributed by atoms with Gasteiger partial charge in [-0.1, -0.05) is 40.7 Å². The first-order valence-electron chi connectivity index (χ1n) is 6.08. The molecule has 1 radical (unpaired) electrons. The maximum atomic E-state index is 9.15. The van der Waals surface area contributed by atoms with E-state index in [9.17, 15) is 0 Å². The minimum Gasteiger partial charge on any atom is -0.493 e. The largest absolute Gasteiger partial charge is 0.493 e. The van der Waals surface area contributed by atoms with Crippen molar-refractivity contribution in [1.82, 2.24) is 0 Å². The van der Waals surface area contributed by atoms with E-state index in [1.54, 1.807) is 0 Å². The van der Waals surface area contributed by atoms with Crippen LogP contribution in [0.5, 0.6) is 5.75 Å².